The van der Waals surface area contributed by atoms with Crippen LogP contribution in [0.15, 0.2) is 67.0 Å². The van der Waals surface area contributed by atoms with E-state index in [1.165, 1.54) is 9.47 Å². The zero-order valence-electron chi connectivity index (χ0n) is 52.2. The molecule has 4 aliphatic rings. The third-order valence-electron chi connectivity index (χ3n) is 16.3. The molecule has 0 radical (unpaired) electrons. The second-order valence-corrected chi connectivity index (χ2v) is 31.4. The number of benzene rings is 3. The molecule has 2 unspecified atom stereocenters. The summed E-state index contributed by atoms with van der Waals surface area (Å²) in [5, 5.41) is 29.1. The summed E-state index contributed by atoms with van der Waals surface area (Å²) < 4.78 is 134. The van der Waals surface area contributed by atoms with Crippen LogP contribution in [0.2, 0.25) is 0 Å². The van der Waals surface area contributed by atoms with Crippen LogP contribution in [0.5, 0.6) is 11.5 Å². The summed E-state index contributed by atoms with van der Waals surface area (Å²) in [7, 11) is -24.6. The van der Waals surface area contributed by atoms with Crippen molar-refractivity contribution < 1.29 is 102 Å². The standard InChI is InChI=1S/C57H75N10O22P3S2/c1-8-65-41-25-43-39(23-37(41)33(27-56(65,3)4)30-93(79,80)81)47(40-24-38-34(31-94(82,83)84)28-57(5,6)66(9-2)42(38)26-44(40)86-43)35-17-12-13-18-36(35)53(71)64(7)22-16-19-46(68)59-20-14-10-11-15-21-60-55-63-48-51(58)61-32-62-52(48)67(55)54-50(70)49(69)45(87-54)29-85-91(75,76)89-92(77,78)88-90(72,73)74/h12-13,17-18,23-28,32,45,49-50,54,58,69-70H,8-11,14-16,19-22,29-31H2,1-7H3,(H8,59,68,71,72,73,74,75,76,77,78,79,80,81,82,83,84)/p+1/t45-,49-,50-,54-/m1/s1. The van der Waals surface area contributed by atoms with Crippen LogP contribution in [0.1, 0.15) is 119 Å². The Hall–Kier alpha value is -6.39. The molecule has 0 spiro atoms. The SMILES string of the molecule is CCN1c2cc3c(cc2C(CS(=O)(=O)O)=CC1(C)C)C(c1ccccc1C(=O)N(C)CCCC(=O)NCCCCCCNc1nc2c(N)ncnc2n1[C@@H]1O[C@H](COP(=O)(O)OP(=O)(O)OP(=O)(O)O)[C@@H](O)[C@H]1O)=c1cc2c(cc1O3)=[N+](CC)C(C)(C)C=C2CS(=O)(=O)O. The number of rotatable bonds is 28. The Morgan fingerprint density at radius 3 is 2.14 bits per heavy atom. The highest BCUT2D eigenvalue weighted by Gasteiger charge is 2.48. The van der Waals surface area contributed by atoms with Crippen LogP contribution in [-0.2, 0) is 56.6 Å². The third kappa shape index (κ3) is 16.3. The lowest BCUT2D eigenvalue weighted by molar-refractivity contribution is -0.121. The largest absolute Gasteiger partial charge is 0.490 e. The van der Waals surface area contributed by atoms with Crippen molar-refractivity contribution in [1.82, 2.24) is 34.3 Å². The van der Waals surface area contributed by atoms with Crippen LogP contribution in [-0.4, -0.2) is 179 Å². The molecule has 3 aromatic carbocycles. The van der Waals surface area contributed by atoms with Gasteiger partial charge in [-0.3, -0.25) is 27.8 Å². The van der Waals surface area contributed by atoms with E-state index in [0.717, 1.165) is 6.33 Å². The van der Waals surface area contributed by atoms with Crippen molar-refractivity contribution in [2.75, 3.05) is 73.8 Å². The summed E-state index contributed by atoms with van der Waals surface area (Å²) in [5.41, 5.74) is 8.88. The summed E-state index contributed by atoms with van der Waals surface area (Å²) in [6.07, 6.45) is 0.922. The Kier molecular flexibility index (Phi) is 21.1. The van der Waals surface area contributed by atoms with Crippen molar-refractivity contribution in [3.63, 3.8) is 0 Å². The number of hydrogen-bond donors (Lipinski definition) is 11. The predicted molar refractivity (Wildman–Crippen MR) is 344 cm³/mol. The minimum absolute atomic E-state index is 0.0492. The number of aliphatic hydroxyl groups is 2. The molecule has 1 fully saturated rings. The molecule has 2 amide bonds. The van der Waals surface area contributed by atoms with Gasteiger partial charge in [-0.05, 0) is 87.9 Å². The third-order valence-corrected chi connectivity index (χ3v) is 21.4. The molecule has 94 heavy (non-hydrogen) atoms. The van der Waals surface area contributed by atoms with Crippen molar-refractivity contribution in [3.8, 4) is 11.5 Å². The number of phosphoric ester groups is 1. The normalized spacial score (nSPS) is 20.4. The number of likely N-dealkylation sites (N-methyl/N-ethyl adjacent to an activating group) is 2. The van der Waals surface area contributed by atoms with Crippen LogP contribution in [0.4, 0.5) is 17.5 Å². The molecule has 9 rings (SSSR count). The van der Waals surface area contributed by atoms with Crippen molar-refractivity contribution in [1.29, 1.82) is 0 Å². The van der Waals surface area contributed by atoms with Gasteiger partial charge in [-0.2, -0.15) is 25.5 Å². The van der Waals surface area contributed by atoms with E-state index in [4.69, 9.17) is 25.0 Å². The molecule has 4 aliphatic heterocycles. The monoisotopic (exact) mass is 1410 g/mol. The number of imidazole rings is 1. The van der Waals surface area contributed by atoms with Crippen LogP contribution in [0.25, 0.3) is 27.9 Å². The molecule has 0 bridgehead atoms. The topological polar surface area (TPSA) is 465 Å². The highest BCUT2D eigenvalue weighted by molar-refractivity contribution is 7.86. The molecule has 6 atom stereocenters. The van der Waals surface area contributed by atoms with Gasteiger partial charge in [0.25, 0.3) is 26.1 Å². The quantitative estimate of drug-likeness (QED) is 0.0144. The van der Waals surface area contributed by atoms with Gasteiger partial charge in [-0.25, -0.2) is 33.2 Å². The summed E-state index contributed by atoms with van der Waals surface area (Å²) in [5.74, 6) is -1.21. The molecule has 37 heteroatoms. The molecule has 32 nitrogen and oxygen atoms in total. The van der Waals surface area contributed by atoms with E-state index in [9.17, 15) is 69.2 Å². The fourth-order valence-corrected chi connectivity index (χ4v) is 16.7. The number of nitrogens with zero attached hydrogens (tertiary/aromatic N) is 7. The van der Waals surface area contributed by atoms with Gasteiger partial charge in [-0.15, -0.1) is 0 Å². The number of hydrogen-bond acceptors (Lipinski definition) is 22. The lowest BCUT2D eigenvalue weighted by Gasteiger charge is -2.43. The van der Waals surface area contributed by atoms with Crippen molar-refractivity contribution in [3.05, 3.63) is 105 Å². The van der Waals surface area contributed by atoms with Crippen molar-refractivity contribution in [2.24, 2.45) is 0 Å². The average molecular weight is 1410 g/mol. The zero-order chi connectivity index (χ0) is 68.8. The molecule has 2 aromatic heterocycles. The Labute approximate surface area is 540 Å². The molecule has 1 saturated heterocycles. The number of amides is 2. The van der Waals surface area contributed by atoms with Gasteiger partial charge in [0, 0.05) is 92.7 Å². The highest BCUT2D eigenvalue weighted by atomic mass is 32.2. The molecular weight excluding hydrogens is 1330 g/mol. The number of phosphoric acid groups is 3. The average Bonchev–Trinajstić information content (AvgIpc) is 0.915. The molecular formula is C57H76N10O22P3S2+. The molecule has 5 aromatic rings. The number of nitrogens with one attached hydrogen (secondary N) is 2. The van der Waals surface area contributed by atoms with Crippen molar-refractivity contribution in [2.45, 2.75) is 116 Å². The Morgan fingerprint density at radius 2 is 1.48 bits per heavy atom. The van der Waals surface area contributed by atoms with Gasteiger partial charge in [0.05, 0.1) is 23.8 Å². The van der Waals surface area contributed by atoms with E-state index in [2.05, 4.69) is 48.2 Å². The smallest absolute Gasteiger partial charge is 0.456 e. The number of carbonyl (C=O) groups is 2. The van der Waals surface area contributed by atoms with Gasteiger partial charge in [0.1, 0.15) is 54.2 Å². The lowest BCUT2D eigenvalue weighted by Crippen LogP contribution is -2.50. The number of aromatic nitrogens is 4. The Balaban J connectivity index is 0.852. The fourth-order valence-electron chi connectivity index (χ4n) is 12.4. The van der Waals surface area contributed by atoms with Gasteiger partial charge < -0.3 is 65.4 Å². The summed E-state index contributed by atoms with van der Waals surface area (Å²) >= 11 is 0. The Bertz CT molecular complexity index is 4410. The highest BCUT2D eigenvalue weighted by Crippen LogP contribution is 2.66. The van der Waals surface area contributed by atoms with Gasteiger partial charge in [0.15, 0.2) is 28.7 Å². The minimum Gasteiger partial charge on any atom is -0.456 e. The Morgan fingerprint density at radius 1 is 0.809 bits per heavy atom. The van der Waals surface area contributed by atoms with Gasteiger partial charge in [0.2, 0.25) is 17.2 Å². The van der Waals surface area contributed by atoms with E-state index < -0.39 is 97.4 Å². The molecule has 12 N–H and O–H groups in total. The summed E-state index contributed by atoms with van der Waals surface area (Å²) in [6.45, 7) is 12.5. The number of aliphatic hydroxyl groups excluding tert-OH is 2. The number of nitrogen functional groups attached to an aromatic ring is 1. The van der Waals surface area contributed by atoms with Crippen LogP contribution < -0.4 is 41.2 Å². The fraction of sp³-hybridized carbons (Fsp3) is 0.474. The first-order chi connectivity index (χ1) is 43.8. The number of fused-ring (bicyclic) bond motifs is 5. The molecule has 512 valence electrons. The first-order valence-electron chi connectivity index (χ1n) is 29.8. The molecule has 6 heterocycles. The van der Waals surface area contributed by atoms with E-state index in [0.29, 0.717) is 125 Å². The number of nitrogens with two attached hydrogens (primary N) is 1. The first kappa shape index (κ1) is 71.9. The predicted octanol–water partition coefficient (Wildman–Crippen LogP) is 3.83. The maximum atomic E-state index is 14.8. The molecule has 0 aliphatic carbocycles. The zero-order valence-corrected chi connectivity index (χ0v) is 56.5. The number of ether oxygens (including phenoxy) is 2. The number of carbonyl (C=O) groups excluding carboxylic acids is 2. The molecule has 0 saturated carbocycles. The van der Waals surface area contributed by atoms with Crippen LogP contribution in [0.3, 0.4) is 0 Å². The maximum Gasteiger partial charge on any atom is 0.490 e. The summed E-state index contributed by atoms with van der Waals surface area (Å²) in [6, 6.07) is 14.2. The van der Waals surface area contributed by atoms with Crippen LogP contribution in [0, 0.1) is 0 Å². The van der Waals surface area contributed by atoms with Crippen molar-refractivity contribution >= 4 is 101 Å². The first-order valence-corrected chi connectivity index (χ1v) is 37.5. The van der Waals surface area contributed by atoms with Gasteiger partial charge >= 0.3 is 23.5 Å². The summed E-state index contributed by atoms with van der Waals surface area (Å²) in [4.78, 5) is 81.3. The minimum atomic E-state index is -5.85. The number of anilines is 3. The lowest BCUT2D eigenvalue weighted by atomic mass is 9.83. The van der Waals surface area contributed by atoms with E-state index in [1.54, 1.807) is 55.6 Å². The maximum absolute atomic E-state index is 14.8. The number of unbranched alkanes of at least 4 members (excludes halogenated alkanes) is 3. The van der Waals surface area contributed by atoms with E-state index in [1.807, 2.05) is 53.7 Å². The van der Waals surface area contributed by atoms with Gasteiger partial charge in [-0.1, -0.05) is 37.1 Å². The second kappa shape index (κ2) is 27.6. The second-order valence-electron chi connectivity index (χ2n) is 24.0. The van der Waals surface area contributed by atoms with E-state index >= 15 is 0 Å². The van der Waals surface area contributed by atoms with Crippen LogP contribution >= 0.6 is 23.5 Å². The van der Waals surface area contributed by atoms with E-state index in [-0.39, 0.29) is 53.3 Å².